The van der Waals surface area contributed by atoms with Crippen molar-refractivity contribution in [2.45, 2.75) is 5.88 Å². The highest BCUT2D eigenvalue weighted by Gasteiger charge is 1.98. The molecule has 1 aromatic rings. The molecule has 54 valence electrons. The molecule has 0 amide bonds. The van der Waals surface area contributed by atoms with Crippen LogP contribution in [0.25, 0.3) is 0 Å². The Labute approximate surface area is 81.1 Å². The predicted octanol–water partition coefficient (Wildman–Crippen LogP) is 3.35. The number of pyridine rings is 1. The van der Waals surface area contributed by atoms with Crippen LogP contribution in [0.3, 0.4) is 0 Å². The maximum absolute atomic E-state index is 5.61. The first kappa shape index (κ1) is 8.50. The van der Waals surface area contributed by atoms with E-state index in [1.807, 2.05) is 6.07 Å². The van der Waals surface area contributed by atoms with Crippen molar-refractivity contribution in [2.75, 3.05) is 0 Å². The minimum atomic E-state index is 0.479. The monoisotopic (exact) mass is 283 g/mol. The average molecular weight is 285 g/mol. The molecule has 0 N–H and O–H groups in total. The van der Waals surface area contributed by atoms with Crippen LogP contribution in [-0.4, -0.2) is 4.98 Å². The third-order valence-corrected chi connectivity index (χ3v) is 2.46. The lowest BCUT2D eigenvalue weighted by molar-refractivity contribution is 1.18. The van der Waals surface area contributed by atoms with Gasteiger partial charge < -0.3 is 0 Å². The molecule has 1 heterocycles. The highest BCUT2D eigenvalue weighted by atomic mass is 79.9. The van der Waals surface area contributed by atoms with Crippen LogP contribution in [0.2, 0.25) is 0 Å². The largest absolute Gasteiger partial charge is 0.248 e. The number of nitrogens with zero attached hydrogens (tertiary/aromatic N) is 1. The van der Waals surface area contributed by atoms with E-state index in [-0.39, 0.29) is 0 Å². The molecule has 0 unspecified atom stereocenters. The fourth-order valence-corrected chi connectivity index (χ4v) is 1.66. The summed E-state index contributed by atoms with van der Waals surface area (Å²) in [7, 11) is 0. The summed E-state index contributed by atoms with van der Waals surface area (Å²) >= 11 is 12.2. The summed E-state index contributed by atoms with van der Waals surface area (Å²) in [6.45, 7) is 0. The summed E-state index contributed by atoms with van der Waals surface area (Å²) in [5, 5.41) is 0. The van der Waals surface area contributed by atoms with Crippen LogP contribution in [0.15, 0.2) is 21.3 Å². The molecule has 0 atom stereocenters. The Bertz CT molecular complexity index is 239. The van der Waals surface area contributed by atoms with Crippen LogP contribution < -0.4 is 0 Å². The van der Waals surface area contributed by atoms with Gasteiger partial charge in [-0.3, -0.25) is 0 Å². The molecule has 0 saturated carbocycles. The van der Waals surface area contributed by atoms with E-state index in [1.165, 1.54) is 0 Å². The van der Waals surface area contributed by atoms with Crippen LogP contribution in [0.4, 0.5) is 0 Å². The highest BCUT2D eigenvalue weighted by molar-refractivity contribution is 9.11. The number of halogens is 3. The normalized spacial score (nSPS) is 9.90. The first-order chi connectivity index (χ1) is 4.74. The topological polar surface area (TPSA) is 12.9 Å². The van der Waals surface area contributed by atoms with Crippen LogP contribution >= 0.6 is 43.5 Å². The Morgan fingerprint density at radius 2 is 2.20 bits per heavy atom. The van der Waals surface area contributed by atoms with E-state index in [0.29, 0.717) is 5.88 Å². The highest BCUT2D eigenvalue weighted by Crippen LogP contribution is 2.19. The molecule has 0 bridgehead atoms. The van der Waals surface area contributed by atoms with Gasteiger partial charge in [0, 0.05) is 16.2 Å². The summed E-state index contributed by atoms with van der Waals surface area (Å²) in [6.07, 6.45) is 1.72. The Kier molecular flexibility index (Phi) is 3.14. The van der Waals surface area contributed by atoms with Crippen molar-refractivity contribution < 1.29 is 0 Å². The first-order valence-corrected chi connectivity index (χ1v) is 4.72. The fourth-order valence-electron chi connectivity index (χ4n) is 0.558. The van der Waals surface area contributed by atoms with E-state index in [9.17, 15) is 0 Å². The smallest absolute Gasteiger partial charge is 0.110 e. The predicted molar refractivity (Wildman–Crippen MR) is 49.2 cm³/mol. The quantitative estimate of drug-likeness (QED) is 0.569. The molecule has 0 aliphatic carbocycles. The van der Waals surface area contributed by atoms with Gasteiger partial charge in [0.1, 0.15) is 4.60 Å². The zero-order chi connectivity index (χ0) is 7.56. The van der Waals surface area contributed by atoms with Gasteiger partial charge in [0.25, 0.3) is 0 Å². The van der Waals surface area contributed by atoms with Crippen molar-refractivity contribution in [1.29, 1.82) is 0 Å². The van der Waals surface area contributed by atoms with Crippen molar-refractivity contribution >= 4 is 43.5 Å². The van der Waals surface area contributed by atoms with E-state index in [2.05, 4.69) is 36.8 Å². The Hall–Kier alpha value is 0.400. The van der Waals surface area contributed by atoms with E-state index >= 15 is 0 Å². The number of aromatic nitrogens is 1. The van der Waals surface area contributed by atoms with Gasteiger partial charge in [-0.2, -0.15) is 0 Å². The Morgan fingerprint density at radius 1 is 1.50 bits per heavy atom. The van der Waals surface area contributed by atoms with Gasteiger partial charge in [-0.15, -0.1) is 11.6 Å². The Balaban J connectivity index is 3.09. The lowest BCUT2D eigenvalue weighted by atomic mass is 10.3. The molecule has 1 rings (SSSR count). The molecule has 0 aliphatic heterocycles. The van der Waals surface area contributed by atoms with Gasteiger partial charge in [0.15, 0.2) is 0 Å². The van der Waals surface area contributed by atoms with Crippen molar-refractivity contribution in [2.24, 2.45) is 0 Å². The summed E-state index contributed by atoms with van der Waals surface area (Å²) in [5.41, 5.74) is 0.996. The lowest BCUT2D eigenvalue weighted by Crippen LogP contribution is -1.83. The maximum Gasteiger partial charge on any atom is 0.110 e. The standard InChI is InChI=1S/C6H4Br2ClN/c7-5-1-4(2-9)6(8)10-3-5/h1,3H,2H2. The van der Waals surface area contributed by atoms with Crippen molar-refractivity contribution in [1.82, 2.24) is 4.98 Å². The SMILES string of the molecule is ClCc1cc(Br)cnc1Br. The lowest BCUT2D eigenvalue weighted by Gasteiger charge is -1.97. The van der Waals surface area contributed by atoms with E-state index in [0.717, 1.165) is 14.6 Å². The first-order valence-electron chi connectivity index (χ1n) is 2.60. The molecule has 1 aromatic heterocycles. The number of alkyl halides is 1. The summed E-state index contributed by atoms with van der Waals surface area (Å²) in [4.78, 5) is 4.03. The molecule has 0 saturated heterocycles. The molecule has 0 fully saturated rings. The summed E-state index contributed by atoms with van der Waals surface area (Å²) in [6, 6.07) is 1.93. The molecule has 10 heavy (non-hydrogen) atoms. The van der Waals surface area contributed by atoms with Gasteiger partial charge in [-0.1, -0.05) is 0 Å². The van der Waals surface area contributed by atoms with Gasteiger partial charge in [-0.05, 0) is 37.9 Å². The molecular weight excluding hydrogens is 281 g/mol. The second kappa shape index (κ2) is 3.69. The number of hydrogen-bond donors (Lipinski definition) is 0. The van der Waals surface area contributed by atoms with Crippen molar-refractivity contribution in [3.8, 4) is 0 Å². The van der Waals surface area contributed by atoms with Crippen LogP contribution in [0.1, 0.15) is 5.56 Å². The summed E-state index contributed by atoms with van der Waals surface area (Å²) in [5.74, 6) is 0.479. The molecule has 0 spiro atoms. The van der Waals surface area contributed by atoms with Gasteiger partial charge in [-0.25, -0.2) is 4.98 Å². The minimum absolute atomic E-state index is 0.479. The third kappa shape index (κ3) is 1.94. The molecule has 4 heteroatoms. The second-order valence-electron chi connectivity index (χ2n) is 1.74. The van der Waals surface area contributed by atoms with Crippen molar-refractivity contribution in [3.63, 3.8) is 0 Å². The van der Waals surface area contributed by atoms with Crippen LogP contribution in [0.5, 0.6) is 0 Å². The second-order valence-corrected chi connectivity index (χ2v) is 3.67. The third-order valence-electron chi connectivity index (χ3n) is 1.02. The van der Waals surface area contributed by atoms with Crippen molar-refractivity contribution in [3.05, 3.63) is 26.9 Å². The van der Waals surface area contributed by atoms with E-state index < -0.39 is 0 Å². The van der Waals surface area contributed by atoms with Crippen LogP contribution in [0, 0.1) is 0 Å². The summed E-state index contributed by atoms with van der Waals surface area (Å²) < 4.78 is 1.76. The van der Waals surface area contributed by atoms with Crippen LogP contribution in [-0.2, 0) is 5.88 Å². The average Bonchev–Trinajstić information content (AvgIpc) is 1.94. The van der Waals surface area contributed by atoms with Gasteiger partial charge >= 0.3 is 0 Å². The maximum atomic E-state index is 5.61. The minimum Gasteiger partial charge on any atom is -0.248 e. The van der Waals surface area contributed by atoms with E-state index in [1.54, 1.807) is 6.20 Å². The van der Waals surface area contributed by atoms with E-state index in [4.69, 9.17) is 11.6 Å². The molecule has 0 aliphatic rings. The molecular formula is C6H4Br2ClN. The zero-order valence-electron chi connectivity index (χ0n) is 4.94. The van der Waals surface area contributed by atoms with Gasteiger partial charge in [0.2, 0.25) is 0 Å². The Morgan fingerprint density at radius 3 is 2.70 bits per heavy atom. The fraction of sp³-hybridized carbons (Fsp3) is 0.167. The van der Waals surface area contributed by atoms with Gasteiger partial charge in [0.05, 0.1) is 5.88 Å². The number of rotatable bonds is 1. The molecule has 0 radical (unpaired) electrons. The zero-order valence-corrected chi connectivity index (χ0v) is 8.87. The molecule has 1 nitrogen and oxygen atoms in total. The number of hydrogen-bond acceptors (Lipinski definition) is 1. The molecule has 0 aromatic carbocycles.